The maximum atomic E-state index is 5.92. The summed E-state index contributed by atoms with van der Waals surface area (Å²) in [6, 6.07) is 0.686. The maximum absolute atomic E-state index is 5.92. The Morgan fingerprint density at radius 2 is 2.17 bits per heavy atom. The van der Waals surface area contributed by atoms with Crippen molar-refractivity contribution in [3.63, 3.8) is 0 Å². The molecule has 1 heterocycles. The maximum Gasteiger partial charge on any atom is 0.221 e. The third kappa shape index (κ3) is 4.26. The van der Waals surface area contributed by atoms with Crippen molar-refractivity contribution < 1.29 is 4.74 Å². The molecular formula is C14H23N3O. The molecule has 1 atom stereocenters. The van der Waals surface area contributed by atoms with Crippen LogP contribution >= 0.6 is 0 Å². The summed E-state index contributed by atoms with van der Waals surface area (Å²) >= 11 is 0. The molecule has 1 aliphatic carbocycles. The lowest BCUT2D eigenvalue weighted by atomic mass is 10.1. The van der Waals surface area contributed by atoms with Crippen LogP contribution in [-0.4, -0.2) is 22.1 Å². The van der Waals surface area contributed by atoms with Crippen LogP contribution in [0.5, 0.6) is 5.88 Å². The average molecular weight is 249 g/mol. The summed E-state index contributed by atoms with van der Waals surface area (Å²) < 4.78 is 5.92. The molecule has 0 amide bonds. The van der Waals surface area contributed by atoms with E-state index in [1.165, 1.54) is 12.8 Å². The van der Waals surface area contributed by atoms with E-state index in [1.54, 1.807) is 6.33 Å². The van der Waals surface area contributed by atoms with E-state index in [0.717, 1.165) is 24.4 Å². The van der Waals surface area contributed by atoms with Gasteiger partial charge in [-0.3, -0.25) is 0 Å². The van der Waals surface area contributed by atoms with Crippen LogP contribution in [0.25, 0.3) is 0 Å². The highest BCUT2D eigenvalue weighted by Crippen LogP contribution is 2.22. The van der Waals surface area contributed by atoms with Crippen molar-refractivity contribution in [1.29, 1.82) is 0 Å². The van der Waals surface area contributed by atoms with E-state index in [9.17, 15) is 0 Å². The molecule has 0 aromatic carbocycles. The largest absolute Gasteiger partial charge is 0.474 e. The van der Waals surface area contributed by atoms with Gasteiger partial charge in [0, 0.05) is 24.3 Å². The van der Waals surface area contributed by atoms with Crippen LogP contribution in [0.3, 0.4) is 0 Å². The van der Waals surface area contributed by atoms with Gasteiger partial charge in [0.15, 0.2) is 0 Å². The number of hydrogen-bond acceptors (Lipinski definition) is 4. The van der Waals surface area contributed by atoms with Crippen LogP contribution in [0.4, 0.5) is 0 Å². The van der Waals surface area contributed by atoms with Crippen LogP contribution in [0, 0.1) is 5.92 Å². The van der Waals surface area contributed by atoms with Gasteiger partial charge >= 0.3 is 0 Å². The number of hydrogen-bond donors (Lipinski definition) is 1. The number of nitrogens with one attached hydrogen (secondary N) is 1. The van der Waals surface area contributed by atoms with Gasteiger partial charge in [-0.25, -0.2) is 9.97 Å². The van der Waals surface area contributed by atoms with Gasteiger partial charge in [-0.05, 0) is 32.1 Å². The summed E-state index contributed by atoms with van der Waals surface area (Å²) in [5, 5.41) is 3.47. The highest BCUT2D eigenvalue weighted by atomic mass is 16.5. The Hall–Kier alpha value is -1.16. The van der Waals surface area contributed by atoms with Crippen LogP contribution in [0.2, 0.25) is 0 Å². The molecule has 2 rings (SSSR count). The molecule has 0 radical (unpaired) electrons. The average Bonchev–Trinajstić information content (AvgIpc) is 3.10. The zero-order chi connectivity index (χ0) is 13.0. The van der Waals surface area contributed by atoms with Crippen LogP contribution < -0.4 is 10.1 Å². The summed E-state index contributed by atoms with van der Waals surface area (Å²) in [4.78, 5) is 8.33. The Bertz CT molecular complexity index is 377. The first-order valence-corrected chi connectivity index (χ1v) is 6.84. The second kappa shape index (κ2) is 6.14. The predicted octanol–water partition coefficient (Wildman–Crippen LogP) is 2.54. The molecule has 4 heteroatoms. The van der Waals surface area contributed by atoms with Crippen LogP contribution in [-0.2, 0) is 6.54 Å². The molecule has 0 saturated heterocycles. The standard InChI is InChI=1S/C14H23N3O/c1-10(2)6-11(3)18-14-12(7-15-9-17-14)8-16-13-4-5-13/h7,9-11,13,16H,4-6,8H2,1-3H3. The normalized spacial score (nSPS) is 16.9. The van der Waals surface area contributed by atoms with Crippen molar-refractivity contribution in [3.05, 3.63) is 18.1 Å². The van der Waals surface area contributed by atoms with Crippen molar-refractivity contribution in [2.75, 3.05) is 0 Å². The van der Waals surface area contributed by atoms with Gasteiger partial charge in [-0.1, -0.05) is 13.8 Å². The minimum Gasteiger partial charge on any atom is -0.474 e. The molecule has 4 nitrogen and oxygen atoms in total. The number of aromatic nitrogens is 2. The van der Waals surface area contributed by atoms with Crippen molar-refractivity contribution >= 4 is 0 Å². The second-order valence-electron chi connectivity index (χ2n) is 5.57. The van der Waals surface area contributed by atoms with E-state index in [2.05, 4.69) is 36.1 Å². The Kier molecular flexibility index (Phi) is 4.53. The Balaban J connectivity index is 1.92. The molecule has 1 aromatic heterocycles. The lowest BCUT2D eigenvalue weighted by Crippen LogP contribution is -2.20. The molecule has 1 unspecified atom stereocenters. The minimum absolute atomic E-state index is 0.194. The van der Waals surface area contributed by atoms with E-state index in [4.69, 9.17) is 4.74 Å². The second-order valence-corrected chi connectivity index (χ2v) is 5.57. The monoisotopic (exact) mass is 249 g/mol. The number of ether oxygens (including phenoxy) is 1. The lowest BCUT2D eigenvalue weighted by molar-refractivity contribution is 0.183. The molecule has 100 valence electrons. The molecule has 1 saturated carbocycles. The van der Waals surface area contributed by atoms with E-state index < -0.39 is 0 Å². The van der Waals surface area contributed by atoms with Gasteiger partial charge in [0.25, 0.3) is 0 Å². The number of rotatable bonds is 7. The van der Waals surface area contributed by atoms with Crippen molar-refractivity contribution in [1.82, 2.24) is 15.3 Å². The zero-order valence-corrected chi connectivity index (χ0v) is 11.5. The predicted molar refractivity (Wildman–Crippen MR) is 71.4 cm³/mol. The fourth-order valence-corrected chi connectivity index (χ4v) is 2.02. The number of nitrogens with zero attached hydrogens (tertiary/aromatic N) is 2. The fraction of sp³-hybridized carbons (Fsp3) is 0.714. The van der Waals surface area contributed by atoms with Crippen molar-refractivity contribution in [2.24, 2.45) is 5.92 Å². The van der Waals surface area contributed by atoms with Gasteiger partial charge in [0.1, 0.15) is 6.33 Å². The highest BCUT2D eigenvalue weighted by Gasteiger charge is 2.21. The molecular weight excluding hydrogens is 226 g/mol. The summed E-state index contributed by atoms with van der Waals surface area (Å²) in [5.41, 5.74) is 1.06. The topological polar surface area (TPSA) is 47.0 Å². The Labute approximate surface area is 109 Å². The van der Waals surface area contributed by atoms with E-state index >= 15 is 0 Å². The van der Waals surface area contributed by atoms with Crippen LogP contribution in [0.1, 0.15) is 45.6 Å². The van der Waals surface area contributed by atoms with Crippen LogP contribution in [0.15, 0.2) is 12.5 Å². The van der Waals surface area contributed by atoms with Crippen molar-refractivity contribution in [3.8, 4) is 5.88 Å². The summed E-state index contributed by atoms with van der Waals surface area (Å²) in [6.45, 7) is 7.31. The van der Waals surface area contributed by atoms with Gasteiger partial charge in [0.05, 0.1) is 6.10 Å². The summed E-state index contributed by atoms with van der Waals surface area (Å²) in [6.07, 6.45) is 7.21. The highest BCUT2D eigenvalue weighted by molar-refractivity contribution is 5.22. The molecule has 0 spiro atoms. The smallest absolute Gasteiger partial charge is 0.221 e. The quantitative estimate of drug-likeness (QED) is 0.806. The zero-order valence-electron chi connectivity index (χ0n) is 11.5. The van der Waals surface area contributed by atoms with E-state index in [0.29, 0.717) is 12.0 Å². The van der Waals surface area contributed by atoms with Crippen molar-refractivity contribution in [2.45, 2.75) is 58.7 Å². The molecule has 0 aliphatic heterocycles. The van der Waals surface area contributed by atoms with Gasteiger partial charge in [-0.2, -0.15) is 0 Å². The molecule has 1 aromatic rings. The fourth-order valence-electron chi connectivity index (χ4n) is 2.02. The van der Waals surface area contributed by atoms with Gasteiger partial charge in [0.2, 0.25) is 5.88 Å². The molecule has 1 N–H and O–H groups in total. The SMILES string of the molecule is CC(C)CC(C)Oc1ncncc1CNC1CC1. The molecule has 18 heavy (non-hydrogen) atoms. The Morgan fingerprint density at radius 3 is 2.83 bits per heavy atom. The lowest BCUT2D eigenvalue weighted by Gasteiger charge is -2.17. The third-order valence-corrected chi connectivity index (χ3v) is 3.02. The summed E-state index contributed by atoms with van der Waals surface area (Å²) in [5.74, 6) is 1.36. The van der Waals surface area contributed by atoms with E-state index in [-0.39, 0.29) is 6.10 Å². The Morgan fingerprint density at radius 1 is 1.39 bits per heavy atom. The van der Waals surface area contributed by atoms with E-state index in [1.807, 2.05) is 6.20 Å². The molecule has 1 fully saturated rings. The summed E-state index contributed by atoms with van der Waals surface area (Å²) in [7, 11) is 0. The third-order valence-electron chi connectivity index (χ3n) is 3.02. The van der Waals surface area contributed by atoms with Gasteiger partial charge in [-0.15, -0.1) is 0 Å². The first kappa shape index (κ1) is 13.3. The van der Waals surface area contributed by atoms with Gasteiger partial charge < -0.3 is 10.1 Å². The minimum atomic E-state index is 0.194. The molecule has 0 bridgehead atoms. The molecule has 1 aliphatic rings. The first-order chi connectivity index (χ1) is 8.65. The first-order valence-electron chi connectivity index (χ1n) is 6.84.